The summed E-state index contributed by atoms with van der Waals surface area (Å²) >= 11 is 11.4. The molecule has 2 aromatic rings. The summed E-state index contributed by atoms with van der Waals surface area (Å²) in [6, 6.07) is 6.43. The largest absolute Gasteiger partial charge is 0.355 e. The Kier molecular flexibility index (Phi) is 6.05. The first-order valence-corrected chi connectivity index (χ1v) is 8.83. The number of halogens is 2. The summed E-state index contributed by atoms with van der Waals surface area (Å²) in [6.45, 7) is 5.73. The zero-order chi connectivity index (χ0) is 15.4. The second-order valence-corrected chi connectivity index (χ2v) is 7.95. The SMILES string of the molecule is CC(C)NCc1nc(N(C)Cc2csc(Br)c2)ccc1Cl. The highest BCUT2D eigenvalue weighted by atomic mass is 79.9. The van der Waals surface area contributed by atoms with E-state index in [-0.39, 0.29) is 0 Å². The lowest BCUT2D eigenvalue weighted by molar-refractivity contribution is 0.581. The molecule has 0 fully saturated rings. The molecule has 0 saturated carbocycles. The van der Waals surface area contributed by atoms with E-state index in [0.29, 0.717) is 17.6 Å². The maximum absolute atomic E-state index is 6.22. The molecular weight excluding hydrogens is 370 g/mol. The maximum Gasteiger partial charge on any atom is 0.129 e. The summed E-state index contributed by atoms with van der Waals surface area (Å²) in [5.41, 5.74) is 2.16. The molecule has 0 amide bonds. The molecule has 0 radical (unpaired) electrons. The van der Waals surface area contributed by atoms with Gasteiger partial charge in [-0.15, -0.1) is 11.3 Å². The highest BCUT2D eigenvalue weighted by Crippen LogP contribution is 2.24. The molecule has 0 aliphatic rings. The molecule has 0 aromatic carbocycles. The third-order valence-electron chi connectivity index (χ3n) is 3.01. The van der Waals surface area contributed by atoms with Gasteiger partial charge in [0.25, 0.3) is 0 Å². The van der Waals surface area contributed by atoms with Gasteiger partial charge in [0.15, 0.2) is 0 Å². The number of aromatic nitrogens is 1. The number of rotatable bonds is 6. The van der Waals surface area contributed by atoms with Gasteiger partial charge in [-0.05, 0) is 45.1 Å². The minimum atomic E-state index is 0.410. The van der Waals surface area contributed by atoms with Crippen molar-refractivity contribution in [3.8, 4) is 0 Å². The Morgan fingerprint density at radius 3 is 2.81 bits per heavy atom. The van der Waals surface area contributed by atoms with Crippen molar-refractivity contribution in [3.63, 3.8) is 0 Å². The van der Waals surface area contributed by atoms with Gasteiger partial charge in [-0.1, -0.05) is 25.4 Å². The molecule has 1 N–H and O–H groups in total. The fourth-order valence-electron chi connectivity index (χ4n) is 1.89. The normalized spacial score (nSPS) is 11.1. The predicted molar refractivity (Wildman–Crippen MR) is 95.3 cm³/mol. The molecule has 2 rings (SSSR count). The summed E-state index contributed by atoms with van der Waals surface area (Å²) in [5.74, 6) is 0.933. The van der Waals surface area contributed by atoms with Crippen molar-refractivity contribution >= 4 is 44.7 Å². The van der Waals surface area contributed by atoms with Crippen molar-refractivity contribution < 1.29 is 0 Å². The van der Waals surface area contributed by atoms with E-state index in [1.165, 1.54) is 5.56 Å². The third kappa shape index (κ3) is 4.95. The number of pyridine rings is 1. The lowest BCUT2D eigenvalue weighted by Crippen LogP contribution is -2.23. The molecule has 21 heavy (non-hydrogen) atoms. The Morgan fingerprint density at radius 1 is 1.43 bits per heavy atom. The van der Waals surface area contributed by atoms with Crippen LogP contribution in [0.15, 0.2) is 27.4 Å². The fraction of sp³-hybridized carbons (Fsp3) is 0.400. The number of nitrogens with zero attached hydrogens (tertiary/aromatic N) is 2. The minimum Gasteiger partial charge on any atom is -0.355 e. The molecule has 0 spiro atoms. The number of nitrogens with one attached hydrogen (secondary N) is 1. The van der Waals surface area contributed by atoms with Crippen molar-refractivity contribution in [2.45, 2.75) is 33.0 Å². The van der Waals surface area contributed by atoms with Crippen LogP contribution in [-0.2, 0) is 13.1 Å². The van der Waals surface area contributed by atoms with E-state index < -0.39 is 0 Å². The zero-order valence-electron chi connectivity index (χ0n) is 12.4. The van der Waals surface area contributed by atoms with Gasteiger partial charge in [-0.2, -0.15) is 0 Å². The first kappa shape index (κ1) is 16.7. The summed E-state index contributed by atoms with van der Waals surface area (Å²) in [4.78, 5) is 6.80. The third-order valence-corrected chi connectivity index (χ3v) is 4.91. The van der Waals surface area contributed by atoms with Crippen molar-refractivity contribution in [1.82, 2.24) is 10.3 Å². The van der Waals surface area contributed by atoms with Crippen molar-refractivity contribution in [2.24, 2.45) is 0 Å². The monoisotopic (exact) mass is 387 g/mol. The second-order valence-electron chi connectivity index (χ2n) is 5.25. The highest BCUT2D eigenvalue weighted by molar-refractivity contribution is 9.11. The highest BCUT2D eigenvalue weighted by Gasteiger charge is 2.09. The molecule has 0 aliphatic heterocycles. The lowest BCUT2D eigenvalue weighted by Gasteiger charge is -2.19. The standard InChI is InChI=1S/C15H19BrClN3S/c1-10(2)18-7-13-12(17)4-5-15(19-13)20(3)8-11-6-14(16)21-9-11/h4-6,9-10,18H,7-8H2,1-3H3. The van der Waals surface area contributed by atoms with E-state index in [0.717, 1.165) is 21.8 Å². The fourth-order valence-corrected chi connectivity index (χ4v) is 3.27. The van der Waals surface area contributed by atoms with Crippen LogP contribution < -0.4 is 10.2 Å². The Balaban J connectivity index is 2.09. The molecule has 2 aromatic heterocycles. The molecule has 0 unspecified atom stereocenters. The summed E-state index contributed by atoms with van der Waals surface area (Å²) in [6.07, 6.45) is 0. The smallest absolute Gasteiger partial charge is 0.129 e. The van der Waals surface area contributed by atoms with Crippen LogP contribution in [0.1, 0.15) is 25.1 Å². The van der Waals surface area contributed by atoms with Crippen LogP contribution in [0.2, 0.25) is 5.02 Å². The first-order chi connectivity index (χ1) is 9.95. The van der Waals surface area contributed by atoms with Gasteiger partial charge < -0.3 is 10.2 Å². The Hall–Kier alpha value is -0.620. The van der Waals surface area contributed by atoms with Crippen LogP contribution in [0, 0.1) is 0 Å². The van der Waals surface area contributed by atoms with E-state index >= 15 is 0 Å². The van der Waals surface area contributed by atoms with Gasteiger partial charge in [0.1, 0.15) is 5.82 Å². The van der Waals surface area contributed by atoms with Crippen LogP contribution in [0.4, 0.5) is 5.82 Å². The summed E-state index contributed by atoms with van der Waals surface area (Å²) in [7, 11) is 2.04. The molecule has 3 nitrogen and oxygen atoms in total. The average Bonchev–Trinajstić information content (AvgIpc) is 2.83. The van der Waals surface area contributed by atoms with E-state index in [1.807, 2.05) is 19.2 Å². The van der Waals surface area contributed by atoms with Crippen molar-refractivity contribution in [1.29, 1.82) is 0 Å². The van der Waals surface area contributed by atoms with Crippen LogP contribution in [0.5, 0.6) is 0 Å². The second kappa shape index (κ2) is 7.58. The van der Waals surface area contributed by atoms with Crippen molar-refractivity contribution in [2.75, 3.05) is 11.9 Å². The molecule has 0 atom stereocenters. The number of anilines is 1. The Morgan fingerprint density at radius 2 is 2.19 bits per heavy atom. The van der Waals surface area contributed by atoms with Gasteiger partial charge >= 0.3 is 0 Å². The minimum absolute atomic E-state index is 0.410. The molecule has 114 valence electrons. The van der Waals surface area contributed by atoms with E-state index in [9.17, 15) is 0 Å². The van der Waals surface area contributed by atoms with Crippen LogP contribution >= 0.6 is 38.9 Å². The molecule has 0 bridgehead atoms. The Labute approximate surface area is 143 Å². The number of hydrogen-bond acceptors (Lipinski definition) is 4. The number of hydrogen-bond donors (Lipinski definition) is 1. The predicted octanol–water partition coefficient (Wildman–Crippen LogP) is 4.69. The summed E-state index contributed by atoms with van der Waals surface area (Å²) < 4.78 is 1.15. The lowest BCUT2D eigenvalue weighted by atomic mass is 10.3. The maximum atomic E-state index is 6.22. The van der Waals surface area contributed by atoms with E-state index in [2.05, 4.69) is 56.4 Å². The van der Waals surface area contributed by atoms with Gasteiger partial charge in [0.2, 0.25) is 0 Å². The van der Waals surface area contributed by atoms with Gasteiger partial charge in [-0.3, -0.25) is 0 Å². The zero-order valence-corrected chi connectivity index (χ0v) is 15.5. The van der Waals surface area contributed by atoms with E-state index in [4.69, 9.17) is 11.6 Å². The topological polar surface area (TPSA) is 28.2 Å². The quantitative estimate of drug-likeness (QED) is 0.778. The number of thiophene rings is 1. The van der Waals surface area contributed by atoms with E-state index in [1.54, 1.807) is 11.3 Å². The molecule has 0 saturated heterocycles. The van der Waals surface area contributed by atoms with Crippen LogP contribution in [0.3, 0.4) is 0 Å². The first-order valence-electron chi connectivity index (χ1n) is 6.78. The molecule has 6 heteroatoms. The molecule has 0 aliphatic carbocycles. The summed E-state index contributed by atoms with van der Waals surface area (Å²) in [5, 5.41) is 6.21. The molecule has 2 heterocycles. The van der Waals surface area contributed by atoms with Gasteiger partial charge in [0, 0.05) is 26.2 Å². The van der Waals surface area contributed by atoms with Crippen LogP contribution in [0.25, 0.3) is 0 Å². The average molecular weight is 389 g/mol. The van der Waals surface area contributed by atoms with Gasteiger partial charge in [0.05, 0.1) is 14.5 Å². The van der Waals surface area contributed by atoms with Gasteiger partial charge in [-0.25, -0.2) is 4.98 Å². The van der Waals surface area contributed by atoms with Crippen molar-refractivity contribution in [3.05, 3.63) is 43.6 Å². The van der Waals surface area contributed by atoms with Crippen LogP contribution in [-0.4, -0.2) is 18.1 Å². The Bertz CT molecular complexity index is 600. The molecular formula is C15H19BrClN3S.